The minimum Gasteiger partial charge on any atom is -0.478 e. The van der Waals surface area contributed by atoms with Gasteiger partial charge in [0.2, 0.25) is 0 Å². The van der Waals surface area contributed by atoms with E-state index in [1.54, 1.807) is 23.2 Å². The van der Waals surface area contributed by atoms with Crippen LogP contribution in [0.3, 0.4) is 0 Å². The fourth-order valence-corrected chi connectivity index (χ4v) is 3.48. The highest BCUT2D eigenvalue weighted by Gasteiger charge is 2.31. The lowest BCUT2D eigenvalue weighted by Gasteiger charge is -2.37. The fraction of sp³-hybridized carbons (Fsp3) is 0.286. The minimum absolute atomic E-state index is 0.0166. The number of benzene rings is 1. The Labute approximate surface area is 180 Å². The maximum Gasteiger partial charge on any atom is 0.573 e. The predicted molar refractivity (Wildman–Crippen MR) is 107 cm³/mol. The number of nitrogens with zero attached hydrogens (tertiary/aromatic N) is 3. The molecule has 2 heterocycles. The number of aromatic carboxylic acids is 1. The zero-order valence-corrected chi connectivity index (χ0v) is 16.7. The molecule has 0 bridgehead atoms. The van der Waals surface area contributed by atoms with E-state index in [0.29, 0.717) is 11.2 Å². The van der Waals surface area contributed by atoms with E-state index in [9.17, 15) is 27.9 Å². The smallest absolute Gasteiger partial charge is 0.478 e. The first kappa shape index (κ1) is 21.5. The van der Waals surface area contributed by atoms with Crippen molar-refractivity contribution in [3.8, 4) is 5.75 Å². The van der Waals surface area contributed by atoms with E-state index in [0.717, 1.165) is 37.0 Å². The lowest BCUT2D eigenvalue weighted by molar-refractivity contribution is -0.274. The molecule has 3 aromatic rings. The molecule has 8 nitrogen and oxygen atoms in total. The molecule has 0 aliphatic heterocycles. The highest BCUT2D eigenvalue weighted by molar-refractivity contribution is 5.95. The summed E-state index contributed by atoms with van der Waals surface area (Å²) >= 11 is 0. The quantitative estimate of drug-likeness (QED) is 0.578. The van der Waals surface area contributed by atoms with Crippen LogP contribution in [-0.4, -0.2) is 44.0 Å². The molecule has 2 amide bonds. The Bertz CT molecular complexity index is 1140. The van der Waals surface area contributed by atoms with E-state index in [1.807, 2.05) is 0 Å². The number of rotatable bonds is 6. The van der Waals surface area contributed by atoms with Crippen molar-refractivity contribution in [2.75, 3.05) is 5.32 Å². The Morgan fingerprint density at radius 1 is 1.22 bits per heavy atom. The molecular formula is C21H19F3N4O4. The number of urea groups is 1. The van der Waals surface area contributed by atoms with Gasteiger partial charge in [-0.05, 0) is 61.2 Å². The molecule has 2 N–H and O–H groups in total. The van der Waals surface area contributed by atoms with E-state index in [1.165, 1.54) is 22.8 Å². The molecule has 1 fully saturated rings. The Kier molecular flexibility index (Phi) is 5.64. The number of ether oxygens (including phenoxy) is 1. The summed E-state index contributed by atoms with van der Waals surface area (Å²) in [6, 6.07) is 7.96. The van der Waals surface area contributed by atoms with Crippen LogP contribution in [0, 0.1) is 0 Å². The van der Waals surface area contributed by atoms with Crippen molar-refractivity contribution in [1.29, 1.82) is 0 Å². The highest BCUT2D eigenvalue weighted by atomic mass is 19.4. The monoisotopic (exact) mass is 448 g/mol. The van der Waals surface area contributed by atoms with Crippen LogP contribution in [0.4, 0.5) is 23.7 Å². The number of hydrogen-bond donors (Lipinski definition) is 2. The number of nitrogens with one attached hydrogen (secondary N) is 1. The van der Waals surface area contributed by atoms with Crippen LogP contribution in [-0.2, 0) is 6.54 Å². The van der Waals surface area contributed by atoms with Gasteiger partial charge in [-0.2, -0.15) is 5.10 Å². The van der Waals surface area contributed by atoms with Crippen LogP contribution in [0.1, 0.15) is 35.2 Å². The molecule has 1 aliphatic rings. The molecule has 0 radical (unpaired) electrons. The first-order valence-electron chi connectivity index (χ1n) is 9.82. The van der Waals surface area contributed by atoms with Crippen molar-refractivity contribution in [3.05, 3.63) is 59.9 Å². The summed E-state index contributed by atoms with van der Waals surface area (Å²) in [4.78, 5) is 26.0. The molecule has 11 heteroatoms. The van der Waals surface area contributed by atoms with Crippen molar-refractivity contribution >= 4 is 23.2 Å². The lowest BCUT2D eigenvalue weighted by atomic mass is 9.91. The van der Waals surface area contributed by atoms with Gasteiger partial charge in [0.15, 0.2) is 0 Å². The largest absolute Gasteiger partial charge is 0.573 e. The third-order valence-corrected chi connectivity index (χ3v) is 5.28. The number of aromatic nitrogens is 2. The number of carboxylic acids is 1. The summed E-state index contributed by atoms with van der Waals surface area (Å²) in [5, 5.41) is 16.0. The third kappa shape index (κ3) is 4.76. The van der Waals surface area contributed by atoms with Gasteiger partial charge in [0.25, 0.3) is 0 Å². The number of anilines is 1. The number of carbonyl (C=O) groups is 2. The molecular weight excluding hydrogens is 429 g/mol. The number of carbonyl (C=O) groups excluding carboxylic acids is 1. The highest BCUT2D eigenvalue weighted by Crippen LogP contribution is 2.28. The van der Waals surface area contributed by atoms with Crippen molar-refractivity contribution in [2.24, 2.45) is 0 Å². The number of pyridine rings is 1. The van der Waals surface area contributed by atoms with Gasteiger partial charge in [0, 0.05) is 24.5 Å². The maximum atomic E-state index is 12.9. The van der Waals surface area contributed by atoms with Crippen molar-refractivity contribution in [3.63, 3.8) is 0 Å². The Balaban J connectivity index is 1.50. The summed E-state index contributed by atoms with van der Waals surface area (Å²) in [5.41, 5.74) is 1.54. The van der Waals surface area contributed by atoms with E-state index in [4.69, 9.17) is 0 Å². The van der Waals surface area contributed by atoms with Gasteiger partial charge in [-0.3, -0.25) is 0 Å². The second-order valence-electron chi connectivity index (χ2n) is 7.44. The van der Waals surface area contributed by atoms with Gasteiger partial charge < -0.3 is 20.1 Å². The number of amides is 2. The van der Waals surface area contributed by atoms with Crippen LogP contribution in [0.5, 0.6) is 5.75 Å². The third-order valence-electron chi connectivity index (χ3n) is 5.28. The molecule has 168 valence electrons. The topological polar surface area (TPSA) is 96.2 Å². The predicted octanol–water partition coefficient (Wildman–Crippen LogP) is 4.52. The van der Waals surface area contributed by atoms with Gasteiger partial charge in [-0.1, -0.05) is 0 Å². The Morgan fingerprint density at radius 2 is 1.94 bits per heavy atom. The van der Waals surface area contributed by atoms with Crippen LogP contribution in [0.15, 0.2) is 48.8 Å². The SMILES string of the molecule is O=C(O)c1cnn2ccc(CN(C(=O)Nc3ccc(OC(F)(F)F)cc3)C3CCC3)cc12. The second kappa shape index (κ2) is 8.40. The first-order chi connectivity index (χ1) is 15.2. The first-order valence-corrected chi connectivity index (χ1v) is 9.82. The van der Waals surface area contributed by atoms with Crippen molar-refractivity contribution in [2.45, 2.75) is 38.2 Å². The minimum atomic E-state index is -4.79. The average Bonchev–Trinajstić information content (AvgIpc) is 3.10. The lowest BCUT2D eigenvalue weighted by Crippen LogP contribution is -2.45. The number of fused-ring (bicyclic) bond motifs is 1. The summed E-state index contributed by atoms with van der Waals surface area (Å²) < 4.78 is 42.2. The zero-order valence-electron chi connectivity index (χ0n) is 16.7. The molecule has 4 rings (SSSR count). The molecule has 0 spiro atoms. The molecule has 1 aliphatic carbocycles. The van der Waals surface area contributed by atoms with E-state index in [2.05, 4.69) is 15.2 Å². The summed E-state index contributed by atoms with van der Waals surface area (Å²) in [6.45, 7) is 0.243. The Morgan fingerprint density at radius 3 is 2.53 bits per heavy atom. The maximum absolute atomic E-state index is 12.9. The molecule has 0 atom stereocenters. The van der Waals surface area contributed by atoms with Crippen LogP contribution < -0.4 is 10.1 Å². The second-order valence-corrected chi connectivity index (χ2v) is 7.44. The summed E-state index contributed by atoms with van der Waals surface area (Å²) in [6.07, 6.45) is 0.769. The number of halogens is 3. The van der Waals surface area contributed by atoms with E-state index >= 15 is 0 Å². The van der Waals surface area contributed by atoms with Gasteiger partial charge in [-0.15, -0.1) is 13.2 Å². The number of hydrogen-bond acceptors (Lipinski definition) is 4. The fourth-order valence-electron chi connectivity index (χ4n) is 3.48. The van der Waals surface area contributed by atoms with E-state index in [-0.39, 0.29) is 23.9 Å². The molecule has 32 heavy (non-hydrogen) atoms. The molecule has 2 aromatic heterocycles. The van der Waals surface area contributed by atoms with Crippen LogP contribution in [0.25, 0.3) is 5.52 Å². The van der Waals surface area contributed by atoms with Gasteiger partial charge in [0.05, 0.1) is 11.7 Å². The molecule has 0 saturated heterocycles. The molecule has 1 aromatic carbocycles. The molecule has 1 saturated carbocycles. The van der Waals surface area contributed by atoms with Crippen molar-refractivity contribution < 1.29 is 32.6 Å². The van der Waals surface area contributed by atoms with Gasteiger partial charge >= 0.3 is 18.4 Å². The normalized spacial score (nSPS) is 14.1. The standard InChI is InChI=1S/C21H19F3N4O4/c22-21(23,24)32-16-6-4-14(5-7-16)26-20(31)27(15-2-1-3-15)12-13-8-9-28-18(10-13)17(11-25-28)19(29)30/h4-11,15H,1-3,12H2,(H,26,31)(H,29,30). The van der Waals surface area contributed by atoms with E-state index < -0.39 is 18.4 Å². The van der Waals surface area contributed by atoms with Crippen LogP contribution in [0.2, 0.25) is 0 Å². The van der Waals surface area contributed by atoms with Crippen molar-refractivity contribution in [1.82, 2.24) is 14.5 Å². The Hall–Kier alpha value is -3.76. The zero-order chi connectivity index (χ0) is 22.9. The number of alkyl halides is 3. The summed E-state index contributed by atoms with van der Waals surface area (Å²) in [7, 11) is 0. The van der Waals surface area contributed by atoms with Gasteiger partial charge in [0.1, 0.15) is 11.3 Å². The van der Waals surface area contributed by atoms with Gasteiger partial charge in [-0.25, -0.2) is 14.1 Å². The van der Waals surface area contributed by atoms with Crippen LogP contribution >= 0.6 is 0 Å². The summed E-state index contributed by atoms with van der Waals surface area (Å²) in [5.74, 6) is -1.47. The number of carboxylic acid groups (broad SMARTS) is 1. The molecule has 0 unspecified atom stereocenters. The average molecular weight is 448 g/mol.